The van der Waals surface area contributed by atoms with Crippen LogP contribution in [0.5, 0.6) is 0 Å². The predicted molar refractivity (Wildman–Crippen MR) is 120 cm³/mol. The van der Waals surface area contributed by atoms with Crippen molar-refractivity contribution in [2.24, 2.45) is 17.4 Å². The molecule has 4 atom stereocenters. The molecule has 0 radical (unpaired) electrons. The minimum absolute atomic E-state index is 0.0747. The van der Waals surface area contributed by atoms with E-state index in [1.54, 1.807) is 25.6 Å². The van der Waals surface area contributed by atoms with Crippen LogP contribution in [0.2, 0.25) is 0 Å². The third-order valence-electron chi connectivity index (χ3n) is 5.33. The highest BCUT2D eigenvalue weighted by atomic mass is 32.2. The highest BCUT2D eigenvalue weighted by Crippen LogP contribution is 2.20. The maximum atomic E-state index is 13.0. The van der Waals surface area contributed by atoms with Gasteiger partial charge in [-0.1, -0.05) is 13.8 Å². The molecule has 182 valence electrons. The van der Waals surface area contributed by atoms with Gasteiger partial charge in [0, 0.05) is 13.0 Å². The van der Waals surface area contributed by atoms with E-state index in [1.807, 2.05) is 6.26 Å². The third kappa shape index (κ3) is 8.30. The first kappa shape index (κ1) is 27.7. The largest absolute Gasteiger partial charge is 0.480 e. The average molecular weight is 474 g/mol. The molecular formula is C20H35N5O6S. The number of carbonyl (C=O) groups is 5. The molecule has 1 aliphatic rings. The fourth-order valence-corrected chi connectivity index (χ4v) is 3.95. The van der Waals surface area contributed by atoms with Crippen molar-refractivity contribution < 1.29 is 29.1 Å². The van der Waals surface area contributed by atoms with Crippen LogP contribution in [0.4, 0.5) is 0 Å². The van der Waals surface area contributed by atoms with Crippen molar-refractivity contribution in [2.75, 3.05) is 18.6 Å². The number of carboxylic acid groups (broad SMARTS) is 1. The van der Waals surface area contributed by atoms with Gasteiger partial charge < -0.3 is 32.1 Å². The Hall–Kier alpha value is -2.34. The molecule has 0 saturated carbocycles. The first-order chi connectivity index (χ1) is 15.0. The van der Waals surface area contributed by atoms with Crippen LogP contribution in [0.3, 0.4) is 0 Å². The second-order valence-corrected chi connectivity index (χ2v) is 9.20. The molecule has 7 N–H and O–H groups in total. The number of carbonyl (C=O) groups excluding carboxylic acids is 4. The fraction of sp³-hybridized carbons (Fsp3) is 0.750. The normalized spacial score (nSPS) is 18.7. The second-order valence-electron chi connectivity index (χ2n) is 8.21. The van der Waals surface area contributed by atoms with E-state index >= 15 is 0 Å². The van der Waals surface area contributed by atoms with E-state index in [0.717, 1.165) is 0 Å². The molecule has 1 heterocycles. The minimum Gasteiger partial charge on any atom is -0.480 e. The first-order valence-electron chi connectivity index (χ1n) is 10.7. The molecule has 4 unspecified atom stereocenters. The number of nitrogens with zero attached hydrogens (tertiary/aromatic N) is 1. The Morgan fingerprint density at radius 3 is 2.31 bits per heavy atom. The summed E-state index contributed by atoms with van der Waals surface area (Å²) in [7, 11) is 0. The van der Waals surface area contributed by atoms with Crippen molar-refractivity contribution in [3.05, 3.63) is 0 Å². The maximum Gasteiger partial charge on any atom is 0.326 e. The maximum absolute atomic E-state index is 13.0. The van der Waals surface area contributed by atoms with Gasteiger partial charge in [0.25, 0.3) is 0 Å². The van der Waals surface area contributed by atoms with Crippen LogP contribution < -0.4 is 22.1 Å². The molecule has 11 nitrogen and oxygen atoms in total. The van der Waals surface area contributed by atoms with Crippen LogP contribution >= 0.6 is 11.8 Å². The Labute approximate surface area is 192 Å². The summed E-state index contributed by atoms with van der Waals surface area (Å²) in [5.74, 6) is -3.06. The highest BCUT2D eigenvalue weighted by molar-refractivity contribution is 7.98. The average Bonchev–Trinajstić information content (AvgIpc) is 3.22. The molecule has 0 bridgehead atoms. The van der Waals surface area contributed by atoms with Gasteiger partial charge >= 0.3 is 5.97 Å². The molecule has 12 heteroatoms. The van der Waals surface area contributed by atoms with Crippen molar-refractivity contribution in [2.45, 2.75) is 70.1 Å². The quantitative estimate of drug-likeness (QED) is 0.226. The molecule has 0 aromatic rings. The Balaban J connectivity index is 2.96. The van der Waals surface area contributed by atoms with Gasteiger partial charge in [0.2, 0.25) is 23.6 Å². The lowest BCUT2D eigenvalue weighted by molar-refractivity contribution is -0.149. The van der Waals surface area contributed by atoms with Crippen molar-refractivity contribution in [1.29, 1.82) is 0 Å². The van der Waals surface area contributed by atoms with Gasteiger partial charge in [-0.3, -0.25) is 19.2 Å². The number of thioether (sulfide) groups is 1. The molecule has 32 heavy (non-hydrogen) atoms. The van der Waals surface area contributed by atoms with E-state index in [4.69, 9.17) is 11.5 Å². The van der Waals surface area contributed by atoms with Crippen LogP contribution in [0, 0.1) is 5.92 Å². The zero-order valence-electron chi connectivity index (χ0n) is 18.8. The van der Waals surface area contributed by atoms with Crippen molar-refractivity contribution in [3.8, 4) is 0 Å². The molecule has 1 fully saturated rings. The Bertz CT molecular complexity index is 704. The summed E-state index contributed by atoms with van der Waals surface area (Å²) >= 11 is 1.55. The van der Waals surface area contributed by atoms with Gasteiger partial charge in [-0.25, -0.2) is 4.79 Å². The lowest BCUT2D eigenvalue weighted by atomic mass is 10.0. The Kier molecular flexibility index (Phi) is 11.5. The van der Waals surface area contributed by atoms with Crippen LogP contribution in [0.25, 0.3) is 0 Å². The van der Waals surface area contributed by atoms with Crippen LogP contribution in [-0.4, -0.2) is 82.3 Å². The molecule has 0 aromatic heterocycles. The van der Waals surface area contributed by atoms with Gasteiger partial charge in [0.15, 0.2) is 0 Å². The molecule has 1 saturated heterocycles. The molecule has 1 aliphatic heterocycles. The van der Waals surface area contributed by atoms with E-state index in [0.29, 0.717) is 25.0 Å². The smallest absolute Gasteiger partial charge is 0.326 e. The number of carboxylic acids is 1. The number of primary amides is 1. The summed E-state index contributed by atoms with van der Waals surface area (Å²) in [4.78, 5) is 62.4. The summed E-state index contributed by atoms with van der Waals surface area (Å²) in [6, 6.07) is -3.85. The van der Waals surface area contributed by atoms with Crippen molar-refractivity contribution in [1.82, 2.24) is 15.5 Å². The summed E-state index contributed by atoms with van der Waals surface area (Å²) in [5.41, 5.74) is 11.1. The number of likely N-dealkylation sites (tertiary alicyclic amines) is 1. The summed E-state index contributed by atoms with van der Waals surface area (Å²) < 4.78 is 0. The van der Waals surface area contributed by atoms with Gasteiger partial charge in [-0.2, -0.15) is 11.8 Å². The number of hydrogen-bond donors (Lipinski definition) is 5. The van der Waals surface area contributed by atoms with Gasteiger partial charge in [-0.15, -0.1) is 0 Å². The van der Waals surface area contributed by atoms with E-state index in [-0.39, 0.29) is 25.3 Å². The number of aliphatic carboxylic acids is 1. The van der Waals surface area contributed by atoms with Crippen LogP contribution in [0.15, 0.2) is 0 Å². The fourth-order valence-electron chi connectivity index (χ4n) is 3.46. The summed E-state index contributed by atoms with van der Waals surface area (Å²) in [5, 5.41) is 14.6. The van der Waals surface area contributed by atoms with Crippen molar-refractivity contribution >= 4 is 41.4 Å². The Morgan fingerprint density at radius 1 is 1.12 bits per heavy atom. The zero-order valence-corrected chi connectivity index (χ0v) is 19.7. The SMILES string of the molecule is CSCCC(N)C(=O)NC(C(=O)NC(CCC(N)=O)C(=O)N1CCCC1C(=O)O)C(C)C. The van der Waals surface area contributed by atoms with Crippen molar-refractivity contribution in [3.63, 3.8) is 0 Å². The molecule has 0 aliphatic carbocycles. The lowest BCUT2D eigenvalue weighted by Gasteiger charge is -2.29. The number of amides is 4. The van der Waals surface area contributed by atoms with Crippen LogP contribution in [0.1, 0.15) is 46.0 Å². The summed E-state index contributed by atoms with van der Waals surface area (Å²) in [6.07, 6.45) is 2.95. The lowest BCUT2D eigenvalue weighted by Crippen LogP contribution is -2.58. The standard InChI is InChI=1S/C20H35N5O6S/c1-11(2)16(24-17(27)12(21)8-10-32-3)18(28)23-13(6-7-15(22)26)19(29)25-9-4-5-14(25)20(30)31/h11-14,16H,4-10,21H2,1-3H3,(H2,22,26)(H,23,28)(H,24,27)(H,30,31). The second kappa shape index (κ2) is 13.3. The van der Waals surface area contributed by atoms with Crippen LogP contribution in [-0.2, 0) is 24.0 Å². The molecule has 0 spiro atoms. The highest BCUT2D eigenvalue weighted by Gasteiger charge is 2.38. The Morgan fingerprint density at radius 2 is 1.78 bits per heavy atom. The molecular weight excluding hydrogens is 438 g/mol. The summed E-state index contributed by atoms with van der Waals surface area (Å²) in [6.45, 7) is 3.71. The van der Waals surface area contributed by atoms with E-state index < -0.39 is 53.8 Å². The van der Waals surface area contributed by atoms with Gasteiger partial charge in [0.05, 0.1) is 6.04 Å². The number of nitrogens with two attached hydrogens (primary N) is 2. The topological polar surface area (TPSA) is 185 Å². The molecule has 1 rings (SSSR count). The predicted octanol–water partition coefficient (Wildman–Crippen LogP) is -0.966. The zero-order chi connectivity index (χ0) is 24.4. The minimum atomic E-state index is -1.14. The molecule has 0 aromatic carbocycles. The number of hydrogen-bond acceptors (Lipinski definition) is 7. The number of rotatable bonds is 13. The molecule has 4 amide bonds. The first-order valence-corrected chi connectivity index (χ1v) is 12.1. The third-order valence-corrected chi connectivity index (χ3v) is 5.98. The van der Waals surface area contributed by atoms with Gasteiger partial charge in [0.1, 0.15) is 18.1 Å². The van der Waals surface area contributed by atoms with E-state index in [1.165, 1.54) is 4.90 Å². The van der Waals surface area contributed by atoms with E-state index in [9.17, 15) is 29.1 Å². The van der Waals surface area contributed by atoms with Gasteiger partial charge in [-0.05, 0) is 43.6 Å². The monoisotopic (exact) mass is 473 g/mol. The number of nitrogens with one attached hydrogen (secondary N) is 2. The van der Waals surface area contributed by atoms with E-state index in [2.05, 4.69) is 10.6 Å².